The van der Waals surface area contributed by atoms with Gasteiger partial charge in [0, 0.05) is 34.6 Å². The van der Waals surface area contributed by atoms with Gasteiger partial charge in [-0.1, -0.05) is 24.8 Å². The quantitative estimate of drug-likeness (QED) is 0.350. The van der Waals surface area contributed by atoms with E-state index >= 15 is 0 Å². The van der Waals surface area contributed by atoms with Crippen LogP contribution in [0.15, 0.2) is 78.3 Å². The molecular weight excluding hydrogens is 390 g/mol. The summed E-state index contributed by atoms with van der Waals surface area (Å²) in [6.45, 7) is 5.97. The van der Waals surface area contributed by atoms with Crippen LogP contribution in [0, 0.1) is 6.92 Å². The topological polar surface area (TPSA) is 70.2 Å². The van der Waals surface area contributed by atoms with Crippen molar-refractivity contribution in [3.63, 3.8) is 0 Å². The monoisotopic (exact) mass is 409 g/mol. The summed E-state index contributed by atoms with van der Waals surface area (Å²) in [6.07, 6.45) is 7.47. The molecule has 5 nitrogen and oxygen atoms in total. The number of nitrogens with one attached hydrogen (secondary N) is 2. The lowest BCUT2D eigenvalue weighted by atomic mass is 10.00. The number of aryl methyl sites for hydroxylation is 1. The number of hydrogen-bond donors (Lipinski definition) is 2. The fourth-order valence-electron chi connectivity index (χ4n) is 3.63. The predicted molar refractivity (Wildman–Crippen MR) is 123 cm³/mol. The van der Waals surface area contributed by atoms with Gasteiger partial charge in [-0.3, -0.25) is 10.1 Å². The maximum Gasteiger partial charge on any atom is 0.181 e. The molecule has 0 amide bonds. The van der Waals surface area contributed by atoms with Gasteiger partial charge in [0.25, 0.3) is 0 Å². The summed E-state index contributed by atoms with van der Waals surface area (Å²) in [6, 6.07) is 12.2. The Bertz CT molecular complexity index is 1360. The molecule has 0 aliphatic heterocycles. The van der Waals surface area contributed by atoms with E-state index in [1.54, 1.807) is 17.5 Å². The third-order valence-corrected chi connectivity index (χ3v) is 5.74. The van der Waals surface area contributed by atoms with Gasteiger partial charge in [0.15, 0.2) is 5.65 Å². The van der Waals surface area contributed by atoms with E-state index in [9.17, 15) is 0 Å². The molecule has 0 fully saturated rings. The third kappa shape index (κ3) is 3.17. The van der Waals surface area contributed by atoms with E-state index in [2.05, 4.69) is 67.6 Å². The van der Waals surface area contributed by atoms with Gasteiger partial charge in [0.05, 0.1) is 17.1 Å². The number of aromatic amines is 2. The van der Waals surface area contributed by atoms with E-state index in [1.807, 2.05) is 36.5 Å². The minimum absolute atomic E-state index is 0.679. The third-order valence-electron chi connectivity index (χ3n) is 5.06. The van der Waals surface area contributed by atoms with Gasteiger partial charge in [-0.15, -0.1) is 0 Å². The summed E-state index contributed by atoms with van der Waals surface area (Å²) in [4.78, 5) is 12.5. The number of thiophene rings is 1. The van der Waals surface area contributed by atoms with Gasteiger partial charge < -0.3 is 4.98 Å². The van der Waals surface area contributed by atoms with E-state index in [4.69, 9.17) is 0 Å². The number of nitrogens with zero attached hydrogens (tertiary/aromatic N) is 3. The number of allylic oxidation sites excluding steroid dienone is 2. The standard InChI is InChI=1S/C24H19N5S/c1-3-6-18(16-8-10-30-14-16)19-12-22(27-15(19)2)23-20-11-17(13-26-24(20)29-28-23)21-7-4-5-9-25-21/h3-14,27H,1H2,2H3,(H,26,28,29)/b18-6-. The van der Waals surface area contributed by atoms with E-state index in [0.717, 1.165) is 44.9 Å². The van der Waals surface area contributed by atoms with Gasteiger partial charge in [-0.2, -0.15) is 16.4 Å². The first-order valence-electron chi connectivity index (χ1n) is 9.56. The van der Waals surface area contributed by atoms with Crippen LogP contribution in [0.4, 0.5) is 0 Å². The first kappa shape index (κ1) is 18.3. The van der Waals surface area contributed by atoms with E-state index < -0.39 is 0 Å². The van der Waals surface area contributed by atoms with Crippen molar-refractivity contribution in [3.8, 4) is 22.6 Å². The Balaban J connectivity index is 1.62. The summed E-state index contributed by atoms with van der Waals surface area (Å²) in [5.74, 6) is 0. The maximum atomic E-state index is 4.52. The van der Waals surface area contributed by atoms with Gasteiger partial charge in [-0.05, 0) is 59.2 Å². The van der Waals surface area contributed by atoms with Crippen molar-refractivity contribution in [2.75, 3.05) is 0 Å². The molecule has 0 aliphatic carbocycles. The fraction of sp³-hybridized carbons (Fsp3) is 0.0417. The molecule has 2 N–H and O–H groups in total. The number of pyridine rings is 2. The Morgan fingerprint density at radius 2 is 2.10 bits per heavy atom. The highest BCUT2D eigenvalue weighted by atomic mass is 32.1. The van der Waals surface area contributed by atoms with Crippen molar-refractivity contribution in [2.45, 2.75) is 6.92 Å². The molecule has 30 heavy (non-hydrogen) atoms. The molecule has 0 aromatic carbocycles. The van der Waals surface area contributed by atoms with Gasteiger partial charge in [0.2, 0.25) is 0 Å². The maximum absolute atomic E-state index is 4.52. The van der Waals surface area contributed by atoms with Crippen LogP contribution in [0.2, 0.25) is 0 Å². The lowest BCUT2D eigenvalue weighted by molar-refractivity contribution is 1.09. The van der Waals surface area contributed by atoms with Gasteiger partial charge in [-0.25, -0.2) is 4.98 Å². The molecule has 5 rings (SSSR count). The van der Waals surface area contributed by atoms with E-state index in [1.165, 1.54) is 5.56 Å². The molecule has 0 spiro atoms. The Kier molecular flexibility index (Phi) is 4.61. The largest absolute Gasteiger partial charge is 0.357 e. The molecule has 0 saturated carbocycles. The van der Waals surface area contributed by atoms with E-state index in [-0.39, 0.29) is 0 Å². The molecule has 0 atom stereocenters. The fourth-order valence-corrected chi connectivity index (χ4v) is 4.28. The van der Waals surface area contributed by atoms with Crippen molar-refractivity contribution >= 4 is 27.9 Å². The number of aromatic nitrogens is 5. The molecular formula is C24H19N5S. The summed E-state index contributed by atoms with van der Waals surface area (Å²) < 4.78 is 0. The highest BCUT2D eigenvalue weighted by Gasteiger charge is 2.16. The number of rotatable bonds is 5. The molecule has 0 unspecified atom stereocenters. The Hall–Kier alpha value is -3.77. The second kappa shape index (κ2) is 7.57. The average molecular weight is 410 g/mol. The van der Waals surface area contributed by atoms with Gasteiger partial charge in [0.1, 0.15) is 0 Å². The highest BCUT2D eigenvalue weighted by molar-refractivity contribution is 7.08. The molecule has 0 aliphatic rings. The second-order valence-electron chi connectivity index (χ2n) is 6.96. The predicted octanol–water partition coefficient (Wildman–Crippen LogP) is 6.00. The molecule has 0 radical (unpaired) electrons. The normalized spacial score (nSPS) is 11.8. The SMILES string of the molecule is C=C/C=C(/c1ccsc1)c1cc(-c2[nH]nc3ncc(-c4ccccn4)cc23)[nH]c1C. The lowest BCUT2D eigenvalue weighted by Gasteiger charge is -2.04. The first-order valence-corrected chi connectivity index (χ1v) is 10.5. The second-order valence-corrected chi connectivity index (χ2v) is 7.74. The van der Waals surface area contributed by atoms with Crippen LogP contribution < -0.4 is 0 Å². The zero-order chi connectivity index (χ0) is 20.5. The zero-order valence-corrected chi connectivity index (χ0v) is 17.2. The molecule has 0 saturated heterocycles. The number of fused-ring (bicyclic) bond motifs is 1. The van der Waals surface area contributed by atoms with Crippen molar-refractivity contribution in [1.29, 1.82) is 0 Å². The van der Waals surface area contributed by atoms with Crippen molar-refractivity contribution < 1.29 is 0 Å². The van der Waals surface area contributed by atoms with Gasteiger partial charge >= 0.3 is 0 Å². The van der Waals surface area contributed by atoms with E-state index in [0.29, 0.717) is 5.65 Å². The minimum Gasteiger partial charge on any atom is -0.357 e. The number of hydrogen-bond acceptors (Lipinski definition) is 4. The molecule has 5 aromatic heterocycles. The molecule has 6 heteroatoms. The van der Waals surface area contributed by atoms with Crippen molar-refractivity contribution in [1.82, 2.24) is 25.1 Å². The summed E-state index contributed by atoms with van der Waals surface area (Å²) >= 11 is 1.68. The average Bonchev–Trinajstić information content (AvgIpc) is 3.52. The van der Waals surface area contributed by atoms with Crippen molar-refractivity contribution in [3.05, 3.63) is 95.1 Å². The zero-order valence-electron chi connectivity index (χ0n) is 16.4. The van der Waals surface area contributed by atoms with Crippen molar-refractivity contribution in [2.24, 2.45) is 0 Å². The highest BCUT2D eigenvalue weighted by Crippen LogP contribution is 2.34. The first-order chi connectivity index (χ1) is 14.7. The summed E-state index contributed by atoms with van der Waals surface area (Å²) in [7, 11) is 0. The molecule has 5 aromatic rings. The minimum atomic E-state index is 0.679. The lowest BCUT2D eigenvalue weighted by Crippen LogP contribution is -1.86. The Morgan fingerprint density at radius 1 is 1.17 bits per heavy atom. The van der Waals surface area contributed by atoms with Crippen LogP contribution in [0.25, 0.3) is 39.3 Å². The molecule has 0 bridgehead atoms. The van der Waals surface area contributed by atoms with Crippen LogP contribution in [-0.4, -0.2) is 25.1 Å². The number of H-pyrrole nitrogens is 2. The summed E-state index contributed by atoms with van der Waals surface area (Å²) in [5, 5.41) is 12.7. The molecule has 5 heterocycles. The van der Waals surface area contributed by atoms with Crippen LogP contribution in [0.5, 0.6) is 0 Å². The van der Waals surface area contributed by atoms with Crippen LogP contribution in [-0.2, 0) is 0 Å². The Morgan fingerprint density at radius 3 is 2.87 bits per heavy atom. The van der Waals surface area contributed by atoms with Crippen LogP contribution in [0.3, 0.4) is 0 Å². The Labute approximate surface area is 177 Å². The van der Waals surface area contributed by atoms with Crippen LogP contribution in [0.1, 0.15) is 16.8 Å². The smallest absolute Gasteiger partial charge is 0.181 e. The summed E-state index contributed by atoms with van der Waals surface area (Å²) in [5.41, 5.74) is 8.95. The molecule has 146 valence electrons. The van der Waals surface area contributed by atoms with Crippen LogP contribution >= 0.6 is 11.3 Å².